The highest BCUT2D eigenvalue weighted by Gasteiger charge is 2.46. The molecule has 1 unspecified atom stereocenters. The second-order valence-electron chi connectivity index (χ2n) is 9.58. The van der Waals surface area contributed by atoms with E-state index in [1.54, 1.807) is 29.2 Å². The summed E-state index contributed by atoms with van der Waals surface area (Å²) in [6.07, 6.45) is 1.65. The predicted molar refractivity (Wildman–Crippen MR) is 157 cm³/mol. The number of carbonyl (C=O) groups excluding carboxylic acids is 2. The van der Waals surface area contributed by atoms with Crippen molar-refractivity contribution in [2.75, 3.05) is 32.8 Å². The van der Waals surface area contributed by atoms with E-state index in [0.29, 0.717) is 53.6 Å². The van der Waals surface area contributed by atoms with E-state index >= 15 is 0 Å². The van der Waals surface area contributed by atoms with Gasteiger partial charge in [-0.2, -0.15) is 0 Å². The molecule has 0 spiro atoms. The van der Waals surface area contributed by atoms with Crippen LogP contribution in [0.25, 0.3) is 5.76 Å². The standard InChI is InChI=1S/C33H36N2O5/c1-5-20-39-26-16-17-28(23(4)21-26)31(36)29-30(35(33(38)32(29)37)19-18-34(6-2)7-3)24-12-11-15-27(22-24)40-25-13-9-8-10-14-25/h5,8-17,21-22,30,36H,1,6-7,18-20H2,2-4H3/b31-29+. The van der Waals surface area contributed by atoms with E-state index in [9.17, 15) is 14.7 Å². The second kappa shape index (κ2) is 13.1. The van der Waals surface area contributed by atoms with Crippen molar-refractivity contribution >= 4 is 17.4 Å². The second-order valence-corrected chi connectivity index (χ2v) is 9.58. The number of carbonyl (C=O) groups is 2. The summed E-state index contributed by atoms with van der Waals surface area (Å²) in [5.41, 5.74) is 1.92. The van der Waals surface area contributed by atoms with Gasteiger partial charge in [0.2, 0.25) is 0 Å². The Kier molecular flexibility index (Phi) is 9.40. The molecule has 3 aromatic rings. The number of benzene rings is 3. The van der Waals surface area contributed by atoms with Gasteiger partial charge in [-0.3, -0.25) is 9.59 Å². The molecule has 1 fully saturated rings. The first-order valence-electron chi connectivity index (χ1n) is 13.6. The van der Waals surface area contributed by atoms with Crippen molar-refractivity contribution in [3.63, 3.8) is 0 Å². The van der Waals surface area contributed by atoms with Crippen LogP contribution in [0.3, 0.4) is 0 Å². The molecule has 4 rings (SSSR count). The van der Waals surface area contributed by atoms with Crippen LogP contribution in [0.4, 0.5) is 0 Å². The average molecular weight is 541 g/mol. The van der Waals surface area contributed by atoms with E-state index in [1.807, 2.05) is 61.5 Å². The summed E-state index contributed by atoms with van der Waals surface area (Å²) in [5, 5.41) is 11.6. The van der Waals surface area contributed by atoms with Gasteiger partial charge in [0.15, 0.2) is 0 Å². The summed E-state index contributed by atoms with van der Waals surface area (Å²) in [5.74, 6) is 0.314. The van der Waals surface area contributed by atoms with E-state index < -0.39 is 17.7 Å². The van der Waals surface area contributed by atoms with Gasteiger partial charge in [-0.05, 0) is 73.6 Å². The van der Waals surface area contributed by atoms with Crippen molar-refractivity contribution in [3.05, 3.63) is 108 Å². The van der Waals surface area contributed by atoms with Crippen LogP contribution < -0.4 is 9.47 Å². The van der Waals surface area contributed by atoms with Crippen molar-refractivity contribution in [2.24, 2.45) is 0 Å². The molecule has 1 saturated heterocycles. The molecule has 7 nitrogen and oxygen atoms in total. The Labute approximate surface area is 235 Å². The third-order valence-corrected chi connectivity index (χ3v) is 7.07. The lowest BCUT2D eigenvalue weighted by atomic mass is 9.93. The number of para-hydroxylation sites is 1. The van der Waals surface area contributed by atoms with Crippen molar-refractivity contribution < 1.29 is 24.2 Å². The van der Waals surface area contributed by atoms with Gasteiger partial charge >= 0.3 is 0 Å². The minimum absolute atomic E-state index is 0.0595. The summed E-state index contributed by atoms with van der Waals surface area (Å²) < 4.78 is 11.7. The topological polar surface area (TPSA) is 79.3 Å². The van der Waals surface area contributed by atoms with E-state index in [0.717, 1.165) is 13.1 Å². The zero-order valence-electron chi connectivity index (χ0n) is 23.3. The van der Waals surface area contributed by atoms with Crippen LogP contribution in [0.5, 0.6) is 17.2 Å². The highest BCUT2D eigenvalue weighted by Crippen LogP contribution is 2.41. The Bertz CT molecular complexity index is 1390. The van der Waals surface area contributed by atoms with Gasteiger partial charge in [0, 0.05) is 18.7 Å². The molecule has 0 aliphatic carbocycles. The normalized spacial score (nSPS) is 16.4. The number of ketones is 1. The summed E-state index contributed by atoms with van der Waals surface area (Å²) in [6.45, 7) is 12.6. The number of aliphatic hydroxyl groups is 1. The first-order chi connectivity index (χ1) is 19.4. The van der Waals surface area contributed by atoms with Crippen LogP contribution in [0.1, 0.15) is 36.6 Å². The molecule has 208 valence electrons. The smallest absolute Gasteiger partial charge is 0.295 e. The van der Waals surface area contributed by atoms with E-state index in [2.05, 4.69) is 25.3 Å². The largest absolute Gasteiger partial charge is 0.507 e. The Morgan fingerprint density at radius 3 is 2.38 bits per heavy atom. The molecule has 40 heavy (non-hydrogen) atoms. The zero-order chi connectivity index (χ0) is 28.6. The molecular formula is C33H36N2O5. The summed E-state index contributed by atoms with van der Waals surface area (Å²) >= 11 is 0. The van der Waals surface area contributed by atoms with Gasteiger partial charge in [0.25, 0.3) is 11.7 Å². The lowest BCUT2D eigenvalue weighted by Gasteiger charge is -2.28. The van der Waals surface area contributed by atoms with Crippen LogP contribution in [0.2, 0.25) is 0 Å². The highest BCUT2D eigenvalue weighted by atomic mass is 16.5. The predicted octanol–water partition coefficient (Wildman–Crippen LogP) is 6.12. The molecule has 1 aliphatic rings. The molecule has 3 aromatic carbocycles. The van der Waals surface area contributed by atoms with Crippen LogP contribution in [0.15, 0.2) is 91.0 Å². The van der Waals surface area contributed by atoms with Gasteiger partial charge in [0.1, 0.15) is 29.6 Å². The summed E-state index contributed by atoms with van der Waals surface area (Å²) in [4.78, 5) is 30.7. The van der Waals surface area contributed by atoms with Gasteiger partial charge in [0.05, 0.1) is 11.6 Å². The molecule has 0 saturated carbocycles. The Balaban J connectivity index is 1.78. The maximum Gasteiger partial charge on any atom is 0.295 e. The van der Waals surface area contributed by atoms with Crippen molar-refractivity contribution in [1.82, 2.24) is 9.80 Å². The molecule has 0 aromatic heterocycles. The zero-order valence-corrected chi connectivity index (χ0v) is 23.3. The van der Waals surface area contributed by atoms with Crippen molar-refractivity contribution in [3.8, 4) is 17.2 Å². The number of aryl methyl sites for hydroxylation is 1. The number of hydrogen-bond donors (Lipinski definition) is 1. The number of likely N-dealkylation sites (tertiary alicyclic amines) is 1. The Hall–Kier alpha value is -4.36. The molecule has 0 radical (unpaired) electrons. The number of likely N-dealkylation sites (N-methyl/N-ethyl adjacent to an activating group) is 1. The number of amides is 1. The molecule has 1 aliphatic heterocycles. The third-order valence-electron chi connectivity index (χ3n) is 7.07. The fourth-order valence-corrected chi connectivity index (χ4v) is 4.91. The van der Waals surface area contributed by atoms with Crippen LogP contribution >= 0.6 is 0 Å². The maximum atomic E-state index is 13.5. The Morgan fingerprint density at radius 1 is 0.975 bits per heavy atom. The first kappa shape index (κ1) is 28.6. The van der Waals surface area contributed by atoms with E-state index in [-0.39, 0.29) is 11.3 Å². The van der Waals surface area contributed by atoms with Gasteiger partial charge in [-0.15, -0.1) is 0 Å². The van der Waals surface area contributed by atoms with E-state index in [1.165, 1.54) is 0 Å². The quantitative estimate of drug-likeness (QED) is 0.129. The Morgan fingerprint density at radius 2 is 1.70 bits per heavy atom. The number of hydrogen-bond acceptors (Lipinski definition) is 6. The third kappa shape index (κ3) is 6.26. The maximum absolute atomic E-state index is 13.5. The van der Waals surface area contributed by atoms with Gasteiger partial charge in [-0.1, -0.05) is 56.8 Å². The number of ether oxygens (including phenoxy) is 2. The number of nitrogens with zero attached hydrogens (tertiary/aromatic N) is 2. The molecule has 1 amide bonds. The fraction of sp³-hybridized carbons (Fsp3) is 0.273. The highest BCUT2D eigenvalue weighted by molar-refractivity contribution is 6.46. The van der Waals surface area contributed by atoms with Crippen LogP contribution in [0, 0.1) is 6.92 Å². The molecule has 7 heteroatoms. The average Bonchev–Trinajstić information content (AvgIpc) is 3.22. The van der Waals surface area contributed by atoms with Crippen LogP contribution in [-0.4, -0.2) is 59.4 Å². The van der Waals surface area contributed by atoms with Crippen molar-refractivity contribution in [2.45, 2.75) is 26.8 Å². The van der Waals surface area contributed by atoms with Gasteiger partial charge in [-0.25, -0.2) is 0 Å². The fourth-order valence-electron chi connectivity index (χ4n) is 4.91. The minimum Gasteiger partial charge on any atom is -0.507 e. The molecule has 1 atom stereocenters. The number of rotatable bonds is 12. The molecule has 0 bridgehead atoms. The monoisotopic (exact) mass is 540 g/mol. The first-order valence-corrected chi connectivity index (χ1v) is 13.6. The van der Waals surface area contributed by atoms with Gasteiger partial charge < -0.3 is 24.4 Å². The lowest BCUT2D eigenvalue weighted by Crippen LogP contribution is -2.38. The van der Waals surface area contributed by atoms with Crippen molar-refractivity contribution in [1.29, 1.82) is 0 Å². The van der Waals surface area contributed by atoms with E-state index in [4.69, 9.17) is 9.47 Å². The molecule has 1 N–H and O–H groups in total. The summed E-state index contributed by atoms with van der Waals surface area (Å²) in [6, 6.07) is 21.2. The number of Topliss-reactive ketones (excluding diaryl/α,β-unsaturated/α-hetero) is 1. The van der Waals surface area contributed by atoms with Crippen LogP contribution in [-0.2, 0) is 9.59 Å². The SMILES string of the molecule is C=CCOc1ccc(/C(O)=C2\C(=O)C(=O)N(CCN(CC)CC)C2c2cccc(Oc3ccccc3)c2)c(C)c1. The number of aliphatic hydroxyl groups excluding tert-OH is 1. The summed E-state index contributed by atoms with van der Waals surface area (Å²) in [7, 11) is 0. The minimum atomic E-state index is -0.772. The molecular weight excluding hydrogens is 504 g/mol. The molecule has 1 heterocycles. The lowest BCUT2D eigenvalue weighted by molar-refractivity contribution is -0.140.